The molecule has 104 valence electrons. The molecule has 0 bridgehead atoms. The van der Waals surface area contributed by atoms with E-state index in [1.165, 1.54) is 0 Å². The minimum absolute atomic E-state index is 0.115. The molecule has 2 aromatic rings. The molecule has 0 radical (unpaired) electrons. The van der Waals surface area contributed by atoms with Gasteiger partial charge < -0.3 is 4.74 Å². The monoisotopic (exact) mass is 288 g/mol. The van der Waals surface area contributed by atoms with E-state index in [0.29, 0.717) is 4.90 Å². The first kappa shape index (κ1) is 14.5. The molecule has 0 saturated heterocycles. The zero-order chi connectivity index (χ0) is 14.4. The van der Waals surface area contributed by atoms with E-state index in [-0.39, 0.29) is 12.4 Å². The Morgan fingerprint density at radius 2 is 1.70 bits per heavy atom. The van der Waals surface area contributed by atoms with Crippen molar-refractivity contribution in [3.05, 3.63) is 65.7 Å². The van der Waals surface area contributed by atoms with E-state index in [9.17, 15) is 9.00 Å². The Balaban J connectivity index is 1.85. The highest BCUT2D eigenvalue weighted by molar-refractivity contribution is 7.85. The minimum Gasteiger partial charge on any atom is -0.460 e. The van der Waals surface area contributed by atoms with Crippen LogP contribution in [0.4, 0.5) is 0 Å². The number of benzene rings is 2. The van der Waals surface area contributed by atoms with Crippen molar-refractivity contribution in [3.63, 3.8) is 0 Å². The van der Waals surface area contributed by atoms with Gasteiger partial charge in [0.05, 0.1) is 10.8 Å². The number of esters is 1. The van der Waals surface area contributed by atoms with Crippen molar-refractivity contribution in [1.82, 2.24) is 0 Å². The normalized spacial score (nSPS) is 11.8. The van der Waals surface area contributed by atoms with E-state index >= 15 is 0 Å². The summed E-state index contributed by atoms with van der Waals surface area (Å²) in [7, 11) is -1.35. The summed E-state index contributed by atoms with van der Waals surface area (Å²) in [5.74, 6) is -0.566. The highest BCUT2D eigenvalue weighted by Crippen LogP contribution is 2.09. The molecule has 0 heterocycles. The van der Waals surface area contributed by atoms with Crippen molar-refractivity contribution < 1.29 is 13.7 Å². The predicted octanol–water partition coefficient (Wildman–Crippen LogP) is 2.85. The third kappa shape index (κ3) is 4.31. The van der Waals surface area contributed by atoms with Gasteiger partial charge in [-0.15, -0.1) is 0 Å². The summed E-state index contributed by atoms with van der Waals surface area (Å²) < 4.78 is 17.1. The molecule has 0 spiro atoms. The molecule has 0 aliphatic carbocycles. The summed E-state index contributed by atoms with van der Waals surface area (Å²) >= 11 is 0. The smallest absolute Gasteiger partial charge is 0.319 e. The van der Waals surface area contributed by atoms with Crippen LogP contribution in [-0.2, 0) is 26.9 Å². The summed E-state index contributed by atoms with van der Waals surface area (Å²) in [5.41, 5.74) is 2.01. The Kier molecular flexibility index (Phi) is 5.07. The number of hydrogen-bond acceptors (Lipinski definition) is 3. The summed E-state index contributed by atoms with van der Waals surface area (Å²) in [6.07, 6.45) is 0. The zero-order valence-corrected chi connectivity index (χ0v) is 12.1. The van der Waals surface area contributed by atoms with Crippen molar-refractivity contribution in [1.29, 1.82) is 0 Å². The average molecular weight is 288 g/mol. The van der Waals surface area contributed by atoms with Crippen molar-refractivity contribution in [2.45, 2.75) is 18.4 Å². The summed E-state index contributed by atoms with van der Waals surface area (Å²) in [6, 6.07) is 16.7. The number of carbonyl (C=O) groups is 1. The topological polar surface area (TPSA) is 43.4 Å². The van der Waals surface area contributed by atoms with Gasteiger partial charge >= 0.3 is 5.97 Å². The van der Waals surface area contributed by atoms with Gasteiger partial charge in [0.1, 0.15) is 12.4 Å². The summed E-state index contributed by atoms with van der Waals surface area (Å²) in [4.78, 5) is 12.3. The predicted molar refractivity (Wildman–Crippen MR) is 78.7 cm³/mol. The van der Waals surface area contributed by atoms with Crippen molar-refractivity contribution in [2.75, 3.05) is 5.75 Å². The van der Waals surface area contributed by atoms with Crippen LogP contribution in [0.5, 0.6) is 0 Å². The molecule has 0 aromatic heterocycles. The first-order valence-corrected chi connectivity index (χ1v) is 7.61. The molecule has 20 heavy (non-hydrogen) atoms. The van der Waals surface area contributed by atoms with Gasteiger partial charge in [0, 0.05) is 4.90 Å². The standard InChI is InChI=1S/C16H16O3S/c1-13-7-9-15(10-8-13)20(18)12-16(17)19-11-14-5-3-2-4-6-14/h2-10H,11-12H2,1H3/t20-/m1/s1. The number of carbonyl (C=O) groups excluding carboxylic acids is 1. The lowest BCUT2D eigenvalue weighted by Crippen LogP contribution is -2.14. The van der Waals surface area contributed by atoms with Gasteiger partial charge in [-0.25, -0.2) is 0 Å². The van der Waals surface area contributed by atoms with Gasteiger partial charge in [0.15, 0.2) is 0 Å². The van der Waals surface area contributed by atoms with Crippen LogP contribution in [0.25, 0.3) is 0 Å². The highest BCUT2D eigenvalue weighted by Gasteiger charge is 2.11. The molecule has 1 atom stereocenters. The quantitative estimate of drug-likeness (QED) is 0.795. The third-order valence-corrected chi connectivity index (χ3v) is 4.07. The van der Waals surface area contributed by atoms with Crippen LogP contribution in [-0.4, -0.2) is 15.9 Å². The molecule has 4 heteroatoms. The van der Waals surface area contributed by atoms with E-state index in [1.807, 2.05) is 49.4 Å². The highest BCUT2D eigenvalue weighted by atomic mass is 32.2. The maximum absolute atomic E-state index is 12.0. The Labute approximate surface area is 121 Å². The van der Waals surface area contributed by atoms with E-state index < -0.39 is 16.8 Å². The molecule has 0 fully saturated rings. The van der Waals surface area contributed by atoms with Crippen LogP contribution in [0.3, 0.4) is 0 Å². The molecule has 0 saturated carbocycles. The van der Waals surface area contributed by atoms with Gasteiger partial charge in [-0.3, -0.25) is 9.00 Å². The molecule has 2 aromatic carbocycles. The molecular weight excluding hydrogens is 272 g/mol. The summed E-state index contributed by atoms with van der Waals surface area (Å²) in [5, 5.41) is 0. The number of ether oxygens (including phenoxy) is 1. The van der Waals surface area contributed by atoms with E-state index in [1.54, 1.807) is 12.1 Å². The van der Waals surface area contributed by atoms with Crippen molar-refractivity contribution in [3.8, 4) is 0 Å². The molecular formula is C16H16O3S. The van der Waals surface area contributed by atoms with E-state index in [4.69, 9.17) is 4.74 Å². The molecule has 0 aliphatic heterocycles. The maximum atomic E-state index is 12.0. The second-order valence-electron chi connectivity index (χ2n) is 4.45. The molecule has 0 amide bonds. The third-order valence-electron chi connectivity index (χ3n) is 2.78. The molecule has 0 aliphatic rings. The SMILES string of the molecule is Cc1ccc([S@](=O)CC(=O)OCc2ccccc2)cc1. The first-order chi connectivity index (χ1) is 9.65. The van der Waals surface area contributed by atoms with Gasteiger partial charge in [0.25, 0.3) is 0 Å². The molecule has 0 unspecified atom stereocenters. The second-order valence-corrected chi connectivity index (χ2v) is 5.90. The van der Waals surface area contributed by atoms with Gasteiger partial charge in [-0.05, 0) is 24.6 Å². The van der Waals surface area contributed by atoms with Crippen LogP contribution in [0, 0.1) is 6.92 Å². The lowest BCUT2D eigenvalue weighted by atomic mass is 10.2. The van der Waals surface area contributed by atoms with Crippen molar-refractivity contribution in [2.24, 2.45) is 0 Å². The van der Waals surface area contributed by atoms with Gasteiger partial charge in [0.2, 0.25) is 0 Å². The van der Waals surface area contributed by atoms with Crippen LogP contribution in [0.15, 0.2) is 59.5 Å². The number of aryl methyl sites for hydroxylation is 1. The minimum atomic E-state index is -1.35. The fraction of sp³-hybridized carbons (Fsp3) is 0.188. The van der Waals surface area contributed by atoms with Crippen LogP contribution >= 0.6 is 0 Å². The van der Waals surface area contributed by atoms with Gasteiger partial charge in [-0.2, -0.15) is 0 Å². The van der Waals surface area contributed by atoms with Crippen LogP contribution in [0.1, 0.15) is 11.1 Å². The zero-order valence-electron chi connectivity index (χ0n) is 11.2. The Morgan fingerprint density at radius 1 is 1.05 bits per heavy atom. The molecule has 3 nitrogen and oxygen atoms in total. The van der Waals surface area contributed by atoms with Crippen LogP contribution in [0.2, 0.25) is 0 Å². The maximum Gasteiger partial charge on any atom is 0.319 e. The number of hydrogen-bond donors (Lipinski definition) is 0. The fourth-order valence-electron chi connectivity index (χ4n) is 1.66. The van der Waals surface area contributed by atoms with E-state index in [2.05, 4.69) is 0 Å². The van der Waals surface area contributed by atoms with Crippen molar-refractivity contribution >= 4 is 16.8 Å². The Morgan fingerprint density at radius 3 is 2.35 bits per heavy atom. The van der Waals surface area contributed by atoms with Gasteiger partial charge in [-0.1, -0.05) is 48.0 Å². The Hall–Kier alpha value is -1.94. The average Bonchev–Trinajstić information content (AvgIpc) is 2.47. The fourth-order valence-corrected chi connectivity index (χ4v) is 2.56. The second kappa shape index (κ2) is 7.01. The largest absolute Gasteiger partial charge is 0.460 e. The first-order valence-electron chi connectivity index (χ1n) is 6.30. The molecule has 0 N–H and O–H groups in total. The lowest BCUT2D eigenvalue weighted by Gasteiger charge is -2.05. The lowest BCUT2D eigenvalue weighted by molar-refractivity contribution is -0.141. The van der Waals surface area contributed by atoms with E-state index in [0.717, 1.165) is 11.1 Å². The summed E-state index contributed by atoms with van der Waals surface area (Å²) in [6.45, 7) is 2.17. The Bertz CT molecular complexity index is 591. The molecule has 2 rings (SSSR count). The number of rotatable bonds is 5. The van der Waals surface area contributed by atoms with Crippen LogP contribution < -0.4 is 0 Å².